The molecule has 2 aromatic rings. The smallest absolute Gasteiger partial charge is 0.366 e. The molecule has 166 valence electrons. The molecule has 3 aliphatic rings. The van der Waals surface area contributed by atoms with Crippen molar-refractivity contribution in [3.63, 3.8) is 0 Å². The Morgan fingerprint density at radius 2 is 1.94 bits per heavy atom. The zero-order chi connectivity index (χ0) is 22.5. The lowest BCUT2D eigenvalue weighted by Gasteiger charge is -2.56. The van der Waals surface area contributed by atoms with E-state index in [1.807, 2.05) is 9.80 Å². The zero-order valence-electron chi connectivity index (χ0n) is 16.3. The van der Waals surface area contributed by atoms with Gasteiger partial charge in [0.25, 0.3) is 5.56 Å². The monoisotopic (exact) mass is 475 g/mol. The van der Waals surface area contributed by atoms with Gasteiger partial charge in [0.05, 0.1) is 34.7 Å². The van der Waals surface area contributed by atoms with Gasteiger partial charge in [-0.15, -0.1) is 0 Å². The van der Waals surface area contributed by atoms with Crippen molar-refractivity contribution in [3.8, 4) is 0 Å². The number of nitrogens with one attached hydrogen (secondary N) is 1. The van der Waals surface area contributed by atoms with E-state index in [2.05, 4.69) is 10.4 Å². The van der Waals surface area contributed by atoms with Crippen LogP contribution in [0.3, 0.4) is 0 Å². The van der Waals surface area contributed by atoms with Crippen molar-refractivity contribution in [2.75, 3.05) is 29.9 Å². The van der Waals surface area contributed by atoms with Crippen LogP contribution in [0, 0.1) is 0 Å². The molecular weight excluding hydrogens is 458 g/mol. The Morgan fingerprint density at radius 3 is 2.58 bits per heavy atom. The quantitative estimate of drug-likeness (QED) is 0.735. The summed E-state index contributed by atoms with van der Waals surface area (Å²) >= 11 is 12.1. The van der Waals surface area contributed by atoms with E-state index < -0.39 is 17.6 Å². The summed E-state index contributed by atoms with van der Waals surface area (Å²) in [6.45, 7) is 1.14. The van der Waals surface area contributed by atoms with Gasteiger partial charge in [0.15, 0.2) is 0 Å². The van der Waals surface area contributed by atoms with Gasteiger partial charge in [-0.2, -0.15) is 18.3 Å². The van der Waals surface area contributed by atoms with Crippen molar-refractivity contribution in [2.24, 2.45) is 7.05 Å². The van der Waals surface area contributed by atoms with Crippen LogP contribution < -0.4 is 15.8 Å². The second-order valence-electron chi connectivity index (χ2n) is 7.63. The summed E-state index contributed by atoms with van der Waals surface area (Å²) in [5.74, 6) is -0.447. The predicted octanol–water partition coefficient (Wildman–Crippen LogP) is 3.01. The number of amides is 1. The number of piperazine rings is 1. The normalized spacial score (nSPS) is 21.0. The Bertz CT molecular complexity index is 1080. The van der Waals surface area contributed by atoms with Crippen LogP contribution in [0.25, 0.3) is 0 Å². The van der Waals surface area contributed by atoms with Crippen LogP contribution >= 0.6 is 23.2 Å². The van der Waals surface area contributed by atoms with E-state index in [-0.39, 0.29) is 39.9 Å². The molecule has 2 bridgehead atoms. The highest BCUT2D eigenvalue weighted by Crippen LogP contribution is 2.36. The molecular formula is C19H18Cl2F3N5O2. The highest BCUT2D eigenvalue weighted by atomic mass is 35.5. The number of rotatable bonds is 4. The average Bonchev–Trinajstić information content (AvgIpc) is 2.71. The maximum absolute atomic E-state index is 12.9. The first-order valence-electron chi connectivity index (χ1n) is 9.43. The Labute approximate surface area is 185 Å². The maximum Gasteiger partial charge on any atom is 0.416 e. The number of carbonyl (C=O) groups is 1. The van der Waals surface area contributed by atoms with E-state index in [0.717, 1.165) is 29.3 Å². The molecule has 0 spiro atoms. The van der Waals surface area contributed by atoms with Crippen LogP contribution in [0.4, 0.5) is 24.5 Å². The molecule has 3 fully saturated rings. The van der Waals surface area contributed by atoms with E-state index in [4.69, 9.17) is 23.2 Å². The molecule has 7 nitrogen and oxygen atoms in total. The van der Waals surface area contributed by atoms with Crippen LogP contribution in [0.2, 0.25) is 10.0 Å². The third-order valence-electron chi connectivity index (χ3n) is 5.64. The first kappa shape index (κ1) is 21.9. The number of alkyl halides is 3. The number of nitrogens with zero attached hydrogens (tertiary/aromatic N) is 4. The summed E-state index contributed by atoms with van der Waals surface area (Å²) in [6.07, 6.45) is -2.11. The van der Waals surface area contributed by atoms with E-state index in [0.29, 0.717) is 18.8 Å². The lowest BCUT2D eigenvalue weighted by molar-refractivity contribution is -0.137. The number of carbonyl (C=O) groups excluding carboxylic acids is 1. The van der Waals surface area contributed by atoms with Gasteiger partial charge in [-0.25, -0.2) is 4.68 Å². The summed E-state index contributed by atoms with van der Waals surface area (Å²) in [5.41, 5.74) is -0.790. The summed E-state index contributed by atoms with van der Waals surface area (Å²) in [7, 11) is 1.52. The largest absolute Gasteiger partial charge is 0.416 e. The van der Waals surface area contributed by atoms with Crippen molar-refractivity contribution in [2.45, 2.75) is 24.7 Å². The number of hydrogen-bond acceptors (Lipinski definition) is 5. The van der Waals surface area contributed by atoms with Crippen molar-refractivity contribution < 1.29 is 18.0 Å². The fourth-order valence-corrected chi connectivity index (χ4v) is 4.47. The first-order chi connectivity index (χ1) is 14.5. The minimum atomic E-state index is -4.53. The first-order valence-corrected chi connectivity index (χ1v) is 10.2. The Balaban J connectivity index is 1.40. The molecule has 3 saturated heterocycles. The molecule has 1 aromatic carbocycles. The second-order valence-corrected chi connectivity index (χ2v) is 8.42. The minimum absolute atomic E-state index is 0.0261. The number of fused-ring (bicyclic) bond motifs is 2. The number of piperidine rings is 1. The third kappa shape index (κ3) is 4.24. The lowest BCUT2D eigenvalue weighted by Crippen LogP contribution is -2.69. The summed E-state index contributed by atoms with van der Waals surface area (Å²) in [4.78, 5) is 28.4. The van der Waals surface area contributed by atoms with Gasteiger partial charge >= 0.3 is 6.18 Å². The fourth-order valence-electron chi connectivity index (χ4n) is 4.02. The summed E-state index contributed by atoms with van der Waals surface area (Å²) < 4.78 is 39.9. The van der Waals surface area contributed by atoms with Crippen molar-refractivity contribution in [1.82, 2.24) is 14.7 Å². The third-order valence-corrected chi connectivity index (χ3v) is 6.32. The zero-order valence-corrected chi connectivity index (χ0v) is 17.8. The molecule has 2 atom stereocenters. The van der Waals surface area contributed by atoms with Crippen LogP contribution in [0.1, 0.15) is 12.0 Å². The molecule has 1 aromatic heterocycles. The van der Waals surface area contributed by atoms with Crippen LogP contribution in [-0.2, 0) is 18.0 Å². The molecule has 5 rings (SSSR count). The molecule has 4 heterocycles. The molecule has 0 aliphatic carbocycles. The number of hydrogen-bond donors (Lipinski definition) is 1. The number of aromatic nitrogens is 2. The van der Waals surface area contributed by atoms with Crippen LogP contribution in [-0.4, -0.2) is 52.3 Å². The highest BCUT2D eigenvalue weighted by molar-refractivity contribution is 6.33. The second kappa shape index (κ2) is 7.99. The maximum atomic E-state index is 12.9. The minimum Gasteiger partial charge on any atom is -0.366 e. The number of aryl methyl sites for hydroxylation is 1. The van der Waals surface area contributed by atoms with Crippen molar-refractivity contribution in [1.29, 1.82) is 0 Å². The summed E-state index contributed by atoms with van der Waals surface area (Å²) in [5, 5.41) is 6.62. The Kier molecular flexibility index (Phi) is 5.65. The SMILES string of the molecule is Cn1ncc(N2CC3CC(C2)N3CC(=O)Nc2cc(C(F)(F)F)ccc2Cl)c(Cl)c1=O. The van der Waals surface area contributed by atoms with E-state index in [9.17, 15) is 22.8 Å². The molecule has 12 heteroatoms. The highest BCUT2D eigenvalue weighted by Gasteiger charge is 2.45. The number of halogens is 5. The van der Waals surface area contributed by atoms with Crippen LogP contribution in [0.5, 0.6) is 0 Å². The van der Waals surface area contributed by atoms with Gasteiger partial charge in [0.2, 0.25) is 5.91 Å². The average molecular weight is 476 g/mol. The van der Waals surface area contributed by atoms with E-state index >= 15 is 0 Å². The molecule has 1 amide bonds. The molecule has 0 radical (unpaired) electrons. The summed E-state index contributed by atoms with van der Waals surface area (Å²) in [6, 6.07) is 2.91. The fraction of sp³-hybridized carbons (Fsp3) is 0.421. The molecule has 1 N–H and O–H groups in total. The van der Waals surface area contributed by atoms with Gasteiger partial charge in [-0.05, 0) is 24.6 Å². The van der Waals surface area contributed by atoms with Gasteiger partial charge in [0.1, 0.15) is 5.02 Å². The van der Waals surface area contributed by atoms with Gasteiger partial charge < -0.3 is 10.2 Å². The van der Waals surface area contributed by atoms with Gasteiger partial charge in [0, 0.05) is 32.2 Å². The van der Waals surface area contributed by atoms with Crippen LogP contribution in [0.15, 0.2) is 29.2 Å². The lowest BCUT2D eigenvalue weighted by atomic mass is 9.87. The number of anilines is 2. The Hall–Kier alpha value is -2.30. The van der Waals surface area contributed by atoms with Crippen molar-refractivity contribution >= 4 is 40.5 Å². The number of benzene rings is 1. The topological polar surface area (TPSA) is 70.5 Å². The van der Waals surface area contributed by atoms with E-state index in [1.165, 1.54) is 7.05 Å². The van der Waals surface area contributed by atoms with E-state index in [1.54, 1.807) is 6.20 Å². The molecule has 31 heavy (non-hydrogen) atoms. The standard InChI is InChI=1S/C19H18Cl2F3N5O2/c1-27-18(31)17(21)15(6-25-27)28-7-11-5-12(8-28)29(11)9-16(30)26-14-4-10(19(22,23)24)2-3-13(14)20/h2-4,6,11-12H,5,7-9H2,1H3,(H,26,30). The molecule has 2 unspecified atom stereocenters. The van der Waals surface area contributed by atoms with Gasteiger partial charge in [-0.1, -0.05) is 23.2 Å². The predicted molar refractivity (Wildman–Crippen MR) is 111 cm³/mol. The van der Waals surface area contributed by atoms with Gasteiger partial charge in [-0.3, -0.25) is 14.5 Å². The molecule has 0 saturated carbocycles. The molecule has 3 aliphatic heterocycles. The van der Waals surface area contributed by atoms with Crippen molar-refractivity contribution in [3.05, 3.63) is 50.4 Å². The Morgan fingerprint density at radius 1 is 1.26 bits per heavy atom.